The Morgan fingerprint density at radius 3 is 2.29 bits per heavy atom. The molecule has 252 valence electrons. The summed E-state index contributed by atoms with van der Waals surface area (Å²) in [6.45, 7) is 5.14. The minimum atomic E-state index is -1.88. The highest BCUT2D eigenvalue weighted by Gasteiger charge is 2.37. The number of hydrogen-bond donors (Lipinski definition) is 6. The van der Waals surface area contributed by atoms with Crippen molar-refractivity contribution in [3.8, 4) is 0 Å². The van der Waals surface area contributed by atoms with Gasteiger partial charge < -0.3 is 35.6 Å². The number of amides is 1. The SMILES string of the molecule is CC/C=C/[C@@H](OC(N)=O)[C@@H](Cl)[C@H](O)CC(=O)[C@@H](O)[C@H](O)[C@H](C)/C(Cl)=C/C=C/C=C(C)/C=C/C=C/C(=O)O[C@@H]1C[C@@H](OO)C[C@H]1O. The molecule has 0 aromatic carbocycles. The van der Waals surface area contributed by atoms with Gasteiger partial charge in [-0.05, 0) is 25.5 Å². The predicted octanol–water partition coefficient (Wildman–Crippen LogP) is 3.36. The fraction of sp³-hybridized carbons (Fsp3) is 0.516. The van der Waals surface area contributed by atoms with Gasteiger partial charge in [-0.15, -0.1) is 11.6 Å². The number of ether oxygens (including phenoxy) is 2. The molecule has 0 saturated heterocycles. The molecule has 1 aliphatic carbocycles. The van der Waals surface area contributed by atoms with Crippen LogP contribution in [0, 0.1) is 5.92 Å². The molecule has 0 aromatic heterocycles. The second-order valence-corrected chi connectivity index (χ2v) is 11.4. The summed E-state index contributed by atoms with van der Waals surface area (Å²) in [5.74, 6) is -2.38. The maximum absolute atomic E-state index is 12.6. The molecule has 0 bridgehead atoms. The normalized spacial score (nSPS) is 23.8. The van der Waals surface area contributed by atoms with E-state index in [0.717, 1.165) is 5.57 Å². The first-order valence-electron chi connectivity index (χ1n) is 14.3. The fourth-order valence-corrected chi connectivity index (χ4v) is 4.56. The number of rotatable bonds is 18. The van der Waals surface area contributed by atoms with E-state index < -0.39 is 78.3 Å². The molecule has 1 amide bonds. The first-order valence-corrected chi connectivity index (χ1v) is 15.1. The summed E-state index contributed by atoms with van der Waals surface area (Å²) < 4.78 is 10.0. The van der Waals surface area contributed by atoms with Crippen molar-refractivity contribution in [3.05, 3.63) is 71.4 Å². The number of hydrogen-bond acceptors (Lipinski definition) is 11. The molecule has 0 spiro atoms. The van der Waals surface area contributed by atoms with E-state index >= 15 is 0 Å². The van der Waals surface area contributed by atoms with Crippen LogP contribution in [-0.2, 0) is 24.0 Å². The molecule has 0 heterocycles. The zero-order chi connectivity index (χ0) is 34.1. The highest BCUT2D eigenvalue weighted by Crippen LogP contribution is 2.25. The van der Waals surface area contributed by atoms with Crippen LogP contribution in [0.3, 0.4) is 0 Å². The Labute approximate surface area is 272 Å². The number of carbonyl (C=O) groups is 3. The highest BCUT2D eigenvalue weighted by molar-refractivity contribution is 6.30. The summed E-state index contributed by atoms with van der Waals surface area (Å²) in [6, 6.07) is 0. The third-order valence-electron chi connectivity index (χ3n) is 6.78. The third kappa shape index (κ3) is 14.9. The van der Waals surface area contributed by atoms with Gasteiger partial charge in [-0.25, -0.2) is 14.5 Å². The molecular formula is C31H43Cl2NO11. The molecule has 0 aromatic rings. The Morgan fingerprint density at radius 1 is 1.04 bits per heavy atom. The summed E-state index contributed by atoms with van der Waals surface area (Å²) in [5.41, 5.74) is 5.85. The van der Waals surface area contributed by atoms with Crippen LogP contribution in [-0.4, -0.2) is 91.6 Å². The van der Waals surface area contributed by atoms with E-state index in [4.69, 9.17) is 43.7 Å². The van der Waals surface area contributed by atoms with Crippen molar-refractivity contribution in [1.82, 2.24) is 0 Å². The summed E-state index contributed by atoms with van der Waals surface area (Å²) >= 11 is 12.5. The Bertz CT molecular complexity index is 1150. The third-order valence-corrected chi connectivity index (χ3v) is 7.79. The number of aliphatic hydroxyl groups excluding tert-OH is 4. The lowest BCUT2D eigenvalue weighted by atomic mass is 9.93. The van der Waals surface area contributed by atoms with E-state index in [2.05, 4.69) is 4.89 Å². The summed E-state index contributed by atoms with van der Waals surface area (Å²) in [7, 11) is 0. The number of nitrogens with two attached hydrogens (primary N) is 1. The van der Waals surface area contributed by atoms with Gasteiger partial charge in [0, 0.05) is 36.3 Å². The molecule has 1 aliphatic rings. The molecule has 45 heavy (non-hydrogen) atoms. The average molecular weight is 677 g/mol. The standard InChI is InChI=1S/C31H43Cl2NO11/c1-4-5-13-25(44-31(34)41)28(33)23(36)17-24(37)30(40)29(39)19(3)21(32)12-8-6-10-18(2)11-7-9-14-27(38)43-26-16-20(45-42)15-22(26)35/h5-14,19-20,22-23,25-26,28-30,35-36,39-40,42H,4,15-17H2,1-3H3,(H2,34,41)/b8-6+,11-7+,13-5+,14-9+,18-10+,21-12-/t19-,20+,22-,23-,25-,26-,28+,29-,30-/m1/s1. The van der Waals surface area contributed by atoms with Gasteiger partial charge in [0.05, 0.1) is 24.4 Å². The smallest absolute Gasteiger partial charge is 0.405 e. The highest BCUT2D eigenvalue weighted by atomic mass is 35.5. The van der Waals surface area contributed by atoms with Gasteiger partial charge in [0.1, 0.15) is 23.7 Å². The number of esters is 1. The molecule has 9 atom stereocenters. The van der Waals surface area contributed by atoms with Crippen LogP contribution in [0.25, 0.3) is 0 Å². The summed E-state index contributed by atoms with van der Waals surface area (Å²) in [5, 5.41) is 48.7. The number of alkyl halides is 1. The van der Waals surface area contributed by atoms with Crippen LogP contribution >= 0.6 is 23.2 Å². The van der Waals surface area contributed by atoms with Crippen LogP contribution in [0.1, 0.15) is 46.5 Å². The van der Waals surface area contributed by atoms with Crippen molar-refractivity contribution in [1.29, 1.82) is 0 Å². The minimum Gasteiger partial charge on any atom is -0.456 e. The Morgan fingerprint density at radius 2 is 1.69 bits per heavy atom. The minimum absolute atomic E-state index is 0.147. The monoisotopic (exact) mass is 675 g/mol. The Balaban J connectivity index is 2.63. The molecule has 0 unspecified atom stereocenters. The van der Waals surface area contributed by atoms with Gasteiger partial charge in [-0.1, -0.05) is 73.6 Å². The van der Waals surface area contributed by atoms with E-state index in [9.17, 15) is 34.8 Å². The number of ketones is 1. The van der Waals surface area contributed by atoms with E-state index in [1.54, 1.807) is 43.4 Å². The number of Topliss-reactive ketones (excluding diaryl/α,β-unsaturated/α-hetero) is 1. The molecule has 14 heteroatoms. The van der Waals surface area contributed by atoms with Gasteiger partial charge in [0.15, 0.2) is 5.78 Å². The molecule has 1 rings (SSSR count). The number of primary amides is 1. The first kappa shape index (κ1) is 40.2. The van der Waals surface area contributed by atoms with Crippen LogP contribution in [0.5, 0.6) is 0 Å². The zero-order valence-electron chi connectivity index (χ0n) is 25.3. The van der Waals surface area contributed by atoms with Crippen LogP contribution in [0.2, 0.25) is 0 Å². The predicted molar refractivity (Wildman–Crippen MR) is 168 cm³/mol. The van der Waals surface area contributed by atoms with Gasteiger partial charge in [0.25, 0.3) is 0 Å². The Kier molecular flexibility index (Phi) is 18.8. The van der Waals surface area contributed by atoms with Gasteiger partial charge in [-0.2, -0.15) is 0 Å². The van der Waals surface area contributed by atoms with Crippen LogP contribution < -0.4 is 5.73 Å². The number of halogens is 2. The van der Waals surface area contributed by atoms with Crippen LogP contribution in [0.4, 0.5) is 4.79 Å². The number of allylic oxidation sites excluding steroid dienone is 9. The van der Waals surface area contributed by atoms with Crippen molar-refractivity contribution in [3.63, 3.8) is 0 Å². The maximum atomic E-state index is 12.6. The molecular weight excluding hydrogens is 633 g/mol. The second kappa shape index (κ2) is 21.1. The van der Waals surface area contributed by atoms with Gasteiger partial charge >= 0.3 is 12.1 Å². The van der Waals surface area contributed by atoms with E-state index in [1.165, 1.54) is 31.2 Å². The average Bonchev–Trinajstić information content (AvgIpc) is 3.36. The van der Waals surface area contributed by atoms with Crippen molar-refractivity contribution in [2.75, 3.05) is 0 Å². The maximum Gasteiger partial charge on any atom is 0.405 e. The van der Waals surface area contributed by atoms with Crippen molar-refractivity contribution in [2.24, 2.45) is 11.7 Å². The zero-order valence-corrected chi connectivity index (χ0v) is 26.8. The van der Waals surface area contributed by atoms with Gasteiger partial charge in [0.2, 0.25) is 0 Å². The van der Waals surface area contributed by atoms with Gasteiger partial charge in [-0.3, -0.25) is 10.1 Å². The van der Waals surface area contributed by atoms with E-state index in [-0.39, 0.29) is 17.9 Å². The first-order chi connectivity index (χ1) is 21.2. The van der Waals surface area contributed by atoms with E-state index in [1.807, 2.05) is 6.92 Å². The molecule has 1 fully saturated rings. The Hall–Kier alpha value is -2.81. The largest absolute Gasteiger partial charge is 0.456 e. The fourth-order valence-electron chi connectivity index (χ4n) is 4.14. The summed E-state index contributed by atoms with van der Waals surface area (Å²) in [4.78, 5) is 39.8. The molecule has 0 aliphatic heterocycles. The lowest BCUT2D eigenvalue weighted by molar-refractivity contribution is -0.278. The summed E-state index contributed by atoms with van der Waals surface area (Å²) in [6.07, 6.45) is 6.43. The van der Waals surface area contributed by atoms with Crippen LogP contribution in [0.15, 0.2) is 71.4 Å². The topological polar surface area (TPSA) is 206 Å². The van der Waals surface area contributed by atoms with Crippen molar-refractivity contribution in [2.45, 2.75) is 94.6 Å². The molecule has 0 radical (unpaired) electrons. The number of carbonyl (C=O) groups excluding carboxylic acids is 3. The molecule has 7 N–H and O–H groups in total. The van der Waals surface area contributed by atoms with Crippen molar-refractivity contribution >= 4 is 41.0 Å². The van der Waals surface area contributed by atoms with E-state index in [0.29, 0.717) is 6.42 Å². The second-order valence-electron chi connectivity index (χ2n) is 10.5. The lowest BCUT2D eigenvalue weighted by Gasteiger charge is -2.26. The lowest BCUT2D eigenvalue weighted by Crippen LogP contribution is -2.43. The van der Waals surface area contributed by atoms with Crippen molar-refractivity contribution < 1.29 is 54.4 Å². The number of aliphatic hydroxyl groups is 4. The quantitative estimate of drug-likeness (QED) is 0.0236. The molecule has 1 saturated carbocycles. The molecule has 12 nitrogen and oxygen atoms in total.